The minimum absolute atomic E-state index is 0.00219. The molecule has 0 radical (unpaired) electrons. The highest BCUT2D eigenvalue weighted by Crippen LogP contribution is 2.14. The van der Waals surface area contributed by atoms with Gasteiger partial charge in [0, 0.05) is 18.1 Å². The van der Waals surface area contributed by atoms with E-state index in [-0.39, 0.29) is 25.1 Å². The molecule has 1 aliphatic rings. The number of nitrogens with zero attached hydrogens (tertiary/aromatic N) is 1. The van der Waals surface area contributed by atoms with Crippen molar-refractivity contribution >= 4 is 17.5 Å². The van der Waals surface area contributed by atoms with E-state index >= 15 is 0 Å². The summed E-state index contributed by atoms with van der Waals surface area (Å²) in [6, 6.07) is 7.32. The first-order valence-electron chi connectivity index (χ1n) is 6.63. The van der Waals surface area contributed by atoms with Crippen LogP contribution in [0, 0.1) is 0 Å². The second-order valence-electron chi connectivity index (χ2n) is 4.75. The van der Waals surface area contributed by atoms with Crippen LogP contribution in [0.1, 0.15) is 5.56 Å². The van der Waals surface area contributed by atoms with E-state index in [0.717, 1.165) is 5.56 Å². The molecule has 20 heavy (non-hydrogen) atoms. The number of carbonyl (C=O) groups is 1. The molecule has 1 amide bonds. The van der Waals surface area contributed by atoms with Gasteiger partial charge in [-0.1, -0.05) is 29.8 Å². The third-order valence-electron chi connectivity index (χ3n) is 3.34. The summed E-state index contributed by atoms with van der Waals surface area (Å²) >= 11 is 6.03. The fourth-order valence-corrected chi connectivity index (χ4v) is 2.34. The van der Waals surface area contributed by atoms with Crippen LogP contribution in [0.25, 0.3) is 0 Å². The van der Waals surface area contributed by atoms with Crippen molar-refractivity contribution in [1.82, 2.24) is 10.2 Å². The molecule has 2 rings (SSSR count). The lowest BCUT2D eigenvalue weighted by Crippen LogP contribution is -2.51. The van der Waals surface area contributed by atoms with Crippen LogP contribution in [-0.4, -0.2) is 54.9 Å². The van der Waals surface area contributed by atoms with Gasteiger partial charge in [-0.15, -0.1) is 0 Å². The maximum absolute atomic E-state index is 11.9. The quantitative estimate of drug-likeness (QED) is 0.838. The number of nitrogens with one attached hydrogen (secondary N) is 1. The Morgan fingerprint density at radius 2 is 2.30 bits per heavy atom. The molecule has 0 bridgehead atoms. The minimum Gasteiger partial charge on any atom is -0.395 e. The monoisotopic (exact) mass is 298 g/mol. The maximum atomic E-state index is 11.9. The van der Waals surface area contributed by atoms with Gasteiger partial charge in [0.1, 0.15) is 0 Å². The molecule has 0 spiro atoms. The van der Waals surface area contributed by atoms with Gasteiger partial charge in [0.2, 0.25) is 5.91 Å². The smallest absolute Gasteiger partial charge is 0.234 e. The molecule has 1 unspecified atom stereocenters. The second kappa shape index (κ2) is 7.59. The number of carbonyl (C=O) groups excluding carboxylic acids is 1. The predicted molar refractivity (Wildman–Crippen MR) is 76.6 cm³/mol. The van der Waals surface area contributed by atoms with Gasteiger partial charge < -0.3 is 15.2 Å². The van der Waals surface area contributed by atoms with Gasteiger partial charge >= 0.3 is 0 Å². The first-order chi connectivity index (χ1) is 9.70. The fourth-order valence-electron chi connectivity index (χ4n) is 2.14. The Bertz CT molecular complexity index is 456. The fraction of sp³-hybridized carbons (Fsp3) is 0.500. The molecule has 0 saturated carbocycles. The summed E-state index contributed by atoms with van der Waals surface area (Å²) in [5.74, 6) is -0.0785. The zero-order valence-electron chi connectivity index (χ0n) is 11.2. The van der Waals surface area contributed by atoms with Crippen LogP contribution in [0.2, 0.25) is 5.02 Å². The lowest BCUT2D eigenvalue weighted by atomic mass is 10.2. The van der Waals surface area contributed by atoms with Crippen LogP contribution >= 0.6 is 11.6 Å². The van der Waals surface area contributed by atoms with Crippen molar-refractivity contribution in [1.29, 1.82) is 0 Å². The highest BCUT2D eigenvalue weighted by Gasteiger charge is 2.23. The van der Waals surface area contributed by atoms with Crippen LogP contribution in [0.5, 0.6) is 0 Å². The molecule has 1 heterocycles. The number of aliphatic hydroxyl groups excluding tert-OH is 1. The summed E-state index contributed by atoms with van der Waals surface area (Å²) in [5.41, 5.74) is 0.892. The van der Waals surface area contributed by atoms with Crippen LogP contribution in [0.3, 0.4) is 0 Å². The lowest BCUT2D eigenvalue weighted by Gasteiger charge is -2.33. The van der Waals surface area contributed by atoms with E-state index < -0.39 is 0 Å². The van der Waals surface area contributed by atoms with E-state index in [2.05, 4.69) is 5.32 Å². The number of hydrogen-bond donors (Lipinski definition) is 2. The molecule has 1 fully saturated rings. The molecule has 110 valence electrons. The van der Waals surface area contributed by atoms with Crippen molar-refractivity contribution < 1.29 is 14.6 Å². The largest absolute Gasteiger partial charge is 0.395 e. The molecular weight excluding hydrogens is 280 g/mol. The number of aliphatic hydroxyl groups is 1. The van der Waals surface area contributed by atoms with Gasteiger partial charge in [-0.3, -0.25) is 9.69 Å². The maximum Gasteiger partial charge on any atom is 0.234 e. The van der Waals surface area contributed by atoms with Crippen molar-refractivity contribution in [2.24, 2.45) is 0 Å². The Balaban J connectivity index is 1.82. The molecular formula is C14H19ClN2O3. The average molecular weight is 299 g/mol. The van der Waals surface area contributed by atoms with Crippen LogP contribution in [0.15, 0.2) is 24.3 Å². The first-order valence-corrected chi connectivity index (χ1v) is 7.01. The number of hydrogen-bond acceptors (Lipinski definition) is 4. The molecule has 5 nitrogen and oxygen atoms in total. The molecule has 6 heteroatoms. The van der Waals surface area contributed by atoms with Crippen molar-refractivity contribution in [3.05, 3.63) is 34.9 Å². The summed E-state index contributed by atoms with van der Waals surface area (Å²) in [7, 11) is 0. The Hall–Kier alpha value is -1.14. The third-order valence-corrected chi connectivity index (χ3v) is 3.71. The summed E-state index contributed by atoms with van der Waals surface area (Å²) in [4.78, 5) is 13.9. The Kier molecular flexibility index (Phi) is 5.79. The van der Waals surface area contributed by atoms with E-state index in [1.165, 1.54) is 0 Å². The Morgan fingerprint density at radius 1 is 1.50 bits per heavy atom. The molecule has 0 aromatic heterocycles. The standard InChI is InChI=1S/C14H19ClN2O3/c15-13-4-2-1-3-11(13)7-16-14(19)8-17-5-6-20-10-12(17)9-18/h1-4,12,18H,5-10H2,(H,16,19). The third kappa shape index (κ3) is 4.18. The molecule has 1 aliphatic heterocycles. The number of ether oxygens (including phenoxy) is 1. The molecule has 0 aliphatic carbocycles. The highest BCUT2D eigenvalue weighted by atomic mass is 35.5. The lowest BCUT2D eigenvalue weighted by molar-refractivity contribution is -0.125. The first kappa shape index (κ1) is 15.3. The van der Waals surface area contributed by atoms with Gasteiger partial charge in [-0.25, -0.2) is 0 Å². The summed E-state index contributed by atoms with van der Waals surface area (Å²) in [5, 5.41) is 12.7. The van der Waals surface area contributed by atoms with Crippen molar-refractivity contribution in [2.75, 3.05) is 32.9 Å². The second-order valence-corrected chi connectivity index (χ2v) is 5.16. The molecule has 1 aromatic carbocycles. The van der Waals surface area contributed by atoms with Crippen LogP contribution in [-0.2, 0) is 16.1 Å². The molecule has 1 aromatic rings. The number of benzene rings is 1. The van der Waals surface area contributed by atoms with E-state index in [9.17, 15) is 9.90 Å². The normalized spacial score (nSPS) is 19.8. The SMILES string of the molecule is O=C(CN1CCOCC1CO)NCc1ccccc1Cl. The van der Waals surface area contributed by atoms with E-state index in [1.54, 1.807) is 6.07 Å². The van der Waals surface area contributed by atoms with Gasteiger partial charge in [0.25, 0.3) is 0 Å². The van der Waals surface area contributed by atoms with Gasteiger partial charge in [0.05, 0.1) is 32.4 Å². The summed E-state index contributed by atoms with van der Waals surface area (Å²) < 4.78 is 5.28. The molecule has 1 saturated heterocycles. The Labute approximate surface area is 123 Å². The molecule has 2 N–H and O–H groups in total. The number of rotatable bonds is 5. The van der Waals surface area contributed by atoms with Gasteiger partial charge in [-0.2, -0.15) is 0 Å². The van der Waals surface area contributed by atoms with Crippen molar-refractivity contribution in [2.45, 2.75) is 12.6 Å². The highest BCUT2D eigenvalue weighted by molar-refractivity contribution is 6.31. The van der Waals surface area contributed by atoms with Gasteiger partial charge in [0.15, 0.2) is 0 Å². The summed E-state index contributed by atoms with van der Waals surface area (Å²) in [6.45, 7) is 2.39. The number of halogens is 1. The Morgan fingerprint density at radius 3 is 3.05 bits per heavy atom. The van der Waals surface area contributed by atoms with Crippen molar-refractivity contribution in [3.8, 4) is 0 Å². The van der Waals surface area contributed by atoms with Crippen LogP contribution < -0.4 is 5.32 Å². The van der Waals surface area contributed by atoms with Gasteiger partial charge in [-0.05, 0) is 11.6 Å². The number of amides is 1. The zero-order chi connectivity index (χ0) is 14.4. The molecule has 1 atom stereocenters. The van der Waals surface area contributed by atoms with E-state index in [1.807, 2.05) is 23.1 Å². The van der Waals surface area contributed by atoms with Crippen LogP contribution in [0.4, 0.5) is 0 Å². The van der Waals surface area contributed by atoms with E-state index in [4.69, 9.17) is 16.3 Å². The number of morpholine rings is 1. The zero-order valence-corrected chi connectivity index (χ0v) is 12.0. The topological polar surface area (TPSA) is 61.8 Å². The summed E-state index contributed by atoms with van der Waals surface area (Å²) in [6.07, 6.45) is 0. The van der Waals surface area contributed by atoms with Crippen molar-refractivity contribution in [3.63, 3.8) is 0 Å². The van der Waals surface area contributed by atoms with E-state index in [0.29, 0.717) is 31.3 Å². The minimum atomic E-state index is -0.102. The predicted octanol–water partition coefficient (Wildman–Crippen LogP) is 0.649. The average Bonchev–Trinajstić information content (AvgIpc) is 2.47.